The number of benzene rings is 1. The molecule has 1 aliphatic rings. The first-order chi connectivity index (χ1) is 6.27. The van der Waals surface area contributed by atoms with Crippen molar-refractivity contribution in [1.82, 2.24) is 0 Å². The van der Waals surface area contributed by atoms with Crippen LogP contribution in [0.25, 0.3) is 0 Å². The van der Waals surface area contributed by atoms with Gasteiger partial charge in [0.15, 0.2) is 0 Å². The number of fused-ring (bicyclic) bond motifs is 1. The van der Waals surface area contributed by atoms with E-state index in [2.05, 4.69) is 6.07 Å². The average molecular weight is 214 g/mol. The highest BCUT2D eigenvalue weighted by Gasteiger charge is 2.15. The van der Waals surface area contributed by atoms with E-state index in [4.69, 9.17) is 17.3 Å². The third-order valence-electron chi connectivity index (χ3n) is 2.29. The molecule has 13 heavy (non-hydrogen) atoms. The van der Waals surface area contributed by atoms with Gasteiger partial charge in [-0.1, -0.05) is 17.7 Å². The minimum Gasteiger partial charge on any atom is -0.327 e. The summed E-state index contributed by atoms with van der Waals surface area (Å²) >= 11 is 7.97. The fourth-order valence-electron chi connectivity index (χ4n) is 1.56. The van der Waals surface area contributed by atoms with E-state index in [9.17, 15) is 0 Å². The van der Waals surface area contributed by atoms with Crippen molar-refractivity contribution < 1.29 is 0 Å². The molecule has 2 rings (SSSR count). The van der Waals surface area contributed by atoms with E-state index in [-0.39, 0.29) is 6.04 Å². The molecule has 0 radical (unpaired) electrons. The maximum atomic E-state index is 6.11. The van der Waals surface area contributed by atoms with Crippen LogP contribution in [0.1, 0.15) is 12.0 Å². The third kappa shape index (κ3) is 2.01. The van der Waals surface area contributed by atoms with Crippen LogP contribution in [0, 0.1) is 0 Å². The highest BCUT2D eigenvalue weighted by molar-refractivity contribution is 7.99. The quantitative estimate of drug-likeness (QED) is 0.717. The summed E-state index contributed by atoms with van der Waals surface area (Å²) < 4.78 is 0. The van der Waals surface area contributed by atoms with E-state index in [1.807, 2.05) is 23.9 Å². The Bertz CT molecular complexity index is 314. The van der Waals surface area contributed by atoms with Gasteiger partial charge in [-0.25, -0.2) is 0 Å². The van der Waals surface area contributed by atoms with Crippen LogP contribution in [-0.4, -0.2) is 11.8 Å². The molecular formula is C10H12ClNS. The van der Waals surface area contributed by atoms with Crippen LogP contribution >= 0.6 is 23.4 Å². The number of hydrogen-bond acceptors (Lipinski definition) is 2. The zero-order valence-corrected chi connectivity index (χ0v) is 8.87. The van der Waals surface area contributed by atoms with E-state index in [0.29, 0.717) is 0 Å². The minimum absolute atomic E-state index is 0.272. The lowest BCUT2D eigenvalue weighted by Crippen LogP contribution is -2.22. The Balaban J connectivity index is 2.40. The van der Waals surface area contributed by atoms with Gasteiger partial charge >= 0.3 is 0 Å². The highest BCUT2D eigenvalue weighted by Crippen LogP contribution is 2.32. The second-order valence-electron chi connectivity index (χ2n) is 3.32. The molecule has 0 bridgehead atoms. The molecule has 0 saturated heterocycles. The third-order valence-corrected chi connectivity index (χ3v) is 3.78. The van der Waals surface area contributed by atoms with Crippen molar-refractivity contribution in [2.45, 2.75) is 23.8 Å². The second kappa shape index (κ2) is 3.91. The summed E-state index contributed by atoms with van der Waals surface area (Å²) in [4.78, 5) is 1.31. The molecule has 1 heterocycles. The summed E-state index contributed by atoms with van der Waals surface area (Å²) in [6, 6.07) is 6.35. The van der Waals surface area contributed by atoms with Crippen LogP contribution in [0.2, 0.25) is 5.02 Å². The molecule has 3 heteroatoms. The highest BCUT2D eigenvalue weighted by atomic mass is 35.5. The lowest BCUT2D eigenvalue weighted by Gasteiger charge is -2.09. The summed E-state index contributed by atoms with van der Waals surface area (Å²) in [6.45, 7) is 0. The van der Waals surface area contributed by atoms with Gasteiger partial charge < -0.3 is 5.73 Å². The first kappa shape index (κ1) is 9.38. The van der Waals surface area contributed by atoms with E-state index in [0.717, 1.165) is 23.6 Å². The first-order valence-corrected chi connectivity index (χ1v) is 5.79. The number of thioether (sulfide) groups is 1. The Morgan fingerprint density at radius 3 is 3.15 bits per heavy atom. The van der Waals surface area contributed by atoms with Gasteiger partial charge in [0.2, 0.25) is 0 Å². The van der Waals surface area contributed by atoms with Gasteiger partial charge in [-0.3, -0.25) is 0 Å². The standard InChI is InChI=1S/C10H12ClNS/c11-9-2-1-3-10-8(9)6-7(12)4-5-13-10/h1-3,7H,4-6,12H2. The smallest absolute Gasteiger partial charge is 0.0449 e. The van der Waals surface area contributed by atoms with E-state index >= 15 is 0 Å². The van der Waals surface area contributed by atoms with Gasteiger partial charge in [0.25, 0.3) is 0 Å². The zero-order valence-electron chi connectivity index (χ0n) is 7.29. The monoisotopic (exact) mass is 213 g/mol. The molecule has 1 unspecified atom stereocenters. The zero-order chi connectivity index (χ0) is 9.26. The maximum Gasteiger partial charge on any atom is 0.0449 e. The van der Waals surface area contributed by atoms with Crippen molar-refractivity contribution in [3.63, 3.8) is 0 Å². The summed E-state index contributed by atoms with van der Waals surface area (Å²) in [5.41, 5.74) is 7.18. The number of hydrogen-bond donors (Lipinski definition) is 1. The van der Waals surface area contributed by atoms with E-state index in [1.165, 1.54) is 10.5 Å². The van der Waals surface area contributed by atoms with Gasteiger partial charge in [-0.15, -0.1) is 11.8 Å². The van der Waals surface area contributed by atoms with Crippen LogP contribution in [0.4, 0.5) is 0 Å². The minimum atomic E-state index is 0.272. The van der Waals surface area contributed by atoms with Crippen LogP contribution in [0.15, 0.2) is 23.1 Å². The van der Waals surface area contributed by atoms with E-state index < -0.39 is 0 Å². The summed E-state index contributed by atoms with van der Waals surface area (Å²) in [5, 5.41) is 0.863. The van der Waals surface area contributed by atoms with Crippen molar-refractivity contribution in [2.75, 3.05) is 5.75 Å². The molecule has 70 valence electrons. The van der Waals surface area contributed by atoms with Crippen LogP contribution < -0.4 is 5.73 Å². The summed E-state index contributed by atoms with van der Waals surface area (Å²) in [6.07, 6.45) is 2.00. The molecule has 0 amide bonds. The number of rotatable bonds is 0. The van der Waals surface area contributed by atoms with Crippen LogP contribution in [0.3, 0.4) is 0 Å². The molecule has 0 aromatic heterocycles. The molecule has 0 spiro atoms. The second-order valence-corrected chi connectivity index (χ2v) is 4.86. The maximum absolute atomic E-state index is 6.11. The summed E-state index contributed by atoms with van der Waals surface area (Å²) in [7, 11) is 0. The largest absolute Gasteiger partial charge is 0.327 e. The molecule has 0 saturated carbocycles. The molecule has 1 aliphatic heterocycles. The van der Waals surface area contributed by atoms with Crippen LogP contribution in [-0.2, 0) is 6.42 Å². The lowest BCUT2D eigenvalue weighted by atomic mass is 10.1. The van der Waals surface area contributed by atoms with Gasteiger partial charge in [0.1, 0.15) is 0 Å². The predicted octanol–water partition coefficient (Wildman–Crippen LogP) is 2.71. The fraction of sp³-hybridized carbons (Fsp3) is 0.400. The molecule has 2 N–H and O–H groups in total. The molecule has 1 aromatic carbocycles. The Kier molecular flexibility index (Phi) is 2.82. The Hall–Kier alpha value is -0.180. The summed E-state index contributed by atoms with van der Waals surface area (Å²) in [5.74, 6) is 1.11. The van der Waals surface area contributed by atoms with Gasteiger partial charge in [-0.2, -0.15) is 0 Å². The fourth-order valence-corrected chi connectivity index (χ4v) is 3.05. The van der Waals surface area contributed by atoms with Crippen molar-refractivity contribution in [3.8, 4) is 0 Å². The van der Waals surface area contributed by atoms with Crippen LogP contribution in [0.5, 0.6) is 0 Å². The first-order valence-electron chi connectivity index (χ1n) is 4.43. The number of nitrogens with two attached hydrogens (primary N) is 1. The van der Waals surface area contributed by atoms with Crippen molar-refractivity contribution in [3.05, 3.63) is 28.8 Å². The van der Waals surface area contributed by atoms with Crippen molar-refractivity contribution >= 4 is 23.4 Å². The van der Waals surface area contributed by atoms with Gasteiger partial charge in [-0.05, 0) is 36.3 Å². The van der Waals surface area contributed by atoms with Crippen molar-refractivity contribution in [1.29, 1.82) is 0 Å². The topological polar surface area (TPSA) is 26.0 Å². The SMILES string of the molecule is NC1CCSc2cccc(Cl)c2C1. The molecule has 0 fully saturated rings. The molecular weight excluding hydrogens is 202 g/mol. The van der Waals surface area contributed by atoms with Crippen molar-refractivity contribution in [2.24, 2.45) is 5.73 Å². The lowest BCUT2D eigenvalue weighted by molar-refractivity contribution is 0.653. The number of halogens is 1. The Labute approximate surface area is 87.7 Å². The molecule has 1 atom stereocenters. The Morgan fingerprint density at radius 1 is 1.46 bits per heavy atom. The van der Waals surface area contributed by atoms with Gasteiger partial charge in [0.05, 0.1) is 0 Å². The predicted molar refractivity (Wildman–Crippen MR) is 58.5 cm³/mol. The van der Waals surface area contributed by atoms with E-state index in [1.54, 1.807) is 0 Å². The molecule has 1 aromatic rings. The molecule has 0 aliphatic carbocycles. The average Bonchev–Trinajstić information content (AvgIpc) is 2.28. The van der Waals surface area contributed by atoms with Gasteiger partial charge in [0, 0.05) is 16.0 Å². The Morgan fingerprint density at radius 2 is 2.31 bits per heavy atom. The molecule has 1 nitrogen and oxygen atoms in total. The normalized spacial score (nSPS) is 22.2.